The van der Waals surface area contributed by atoms with E-state index in [1.165, 1.54) is 9.21 Å². The number of carbonyl (C=O) groups is 1. The predicted octanol–water partition coefficient (Wildman–Crippen LogP) is 0.325. The van der Waals surface area contributed by atoms with Crippen LogP contribution in [0.5, 0.6) is 0 Å². The van der Waals surface area contributed by atoms with Crippen molar-refractivity contribution in [3.63, 3.8) is 0 Å². The molecule has 24 heavy (non-hydrogen) atoms. The molecule has 1 fully saturated rings. The molecule has 0 bridgehead atoms. The molecule has 1 aromatic carbocycles. The van der Waals surface area contributed by atoms with Crippen molar-refractivity contribution in [3.8, 4) is 0 Å². The smallest absolute Gasteiger partial charge is 0.410 e. The first-order valence-electron chi connectivity index (χ1n) is 7.38. The van der Waals surface area contributed by atoms with Crippen LogP contribution in [-0.2, 0) is 21.6 Å². The summed E-state index contributed by atoms with van der Waals surface area (Å²) >= 11 is 0. The molecule has 1 saturated heterocycles. The van der Waals surface area contributed by atoms with Crippen molar-refractivity contribution >= 4 is 16.3 Å². The number of hydrogen-bond donors (Lipinski definition) is 0. The van der Waals surface area contributed by atoms with E-state index < -0.39 is 16.3 Å². The summed E-state index contributed by atoms with van der Waals surface area (Å²) in [5.74, 6) is 0. The lowest BCUT2D eigenvalue weighted by Crippen LogP contribution is -2.51. The molecular weight excluding hydrogens is 334 g/mol. The summed E-state index contributed by atoms with van der Waals surface area (Å²) in [6.07, 6.45) is 1.83. The molecule has 0 N–H and O–H groups in total. The Hall–Kier alpha value is -2.46. The van der Waals surface area contributed by atoms with Gasteiger partial charge in [-0.2, -0.15) is 12.7 Å². The Morgan fingerprint density at radius 1 is 1.04 bits per heavy atom. The van der Waals surface area contributed by atoms with Gasteiger partial charge in [0.1, 0.15) is 19.3 Å². The van der Waals surface area contributed by atoms with Gasteiger partial charge in [-0.05, 0) is 5.56 Å². The zero-order chi connectivity index (χ0) is 17.0. The molecule has 9 nitrogen and oxygen atoms in total. The molecule has 1 aliphatic heterocycles. The number of carbonyl (C=O) groups excluding carboxylic acids is 1. The van der Waals surface area contributed by atoms with E-state index in [2.05, 4.69) is 10.2 Å². The van der Waals surface area contributed by atoms with E-state index in [-0.39, 0.29) is 32.8 Å². The molecule has 0 aliphatic carbocycles. The minimum Gasteiger partial charge on any atom is -0.445 e. The van der Waals surface area contributed by atoms with Crippen molar-refractivity contribution in [1.29, 1.82) is 0 Å². The van der Waals surface area contributed by atoms with Crippen LogP contribution < -0.4 is 0 Å². The maximum Gasteiger partial charge on any atom is 0.410 e. The number of ether oxygens (including phenoxy) is 1. The van der Waals surface area contributed by atoms with Gasteiger partial charge in [-0.1, -0.05) is 30.3 Å². The maximum absolute atomic E-state index is 12.3. The molecule has 1 aromatic heterocycles. The minimum absolute atomic E-state index is 0.193. The number of piperazine rings is 1. The molecule has 2 aromatic rings. The van der Waals surface area contributed by atoms with Crippen LogP contribution in [0.3, 0.4) is 0 Å². The van der Waals surface area contributed by atoms with E-state index in [0.29, 0.717) is 0 Å². The van der Waals surface area contributed by atoms with E-state index >= 15 is 0 Å². The highest BCUT2D eigenvalue weighted by atomic mass is 32.2. The van der Waals surface area contributed by atoms with Crippen molar-refractivity contribution in [2.24, 2.45) is 0 Å². The van der Waals surface area contributed by atoms with Crippen LogP contribution in [0.15, 0.2) is 43.0 Å². The molecule has 10 heteroatoms. The van der Waals surface area contributed by atoms with Gasteiger partial charge in [0.25, 0.3) is 0 Å². The van der Waals surface area contributed by atoms with Crippen molar-refractivity contribution in [2.45, 2.75) is 6.61 Å². The second kappa shape index (κ2) is 6.97. The fourth-order valence-corrected chi connectivity index (χ4v) is 3.57. The number of aromatic nitrogens is 3. The summed E-state index contributed by atoms with van der Waals surface area (Å²) in [5, 5.41) is 7.00. The van der Waals surface area contributed by atoms with Crippen LogP contribution >= 0.6 is 0 Å². The van der Waals surface area contributed by atoms with Crippen molar-refractivity contribution in [3.05, 3.63) is 48.5 Å². The normalized spacial score (nSPS) is 16.1. The van der Waals surface area contributed by atoms with Gasteiger partial charge in [-0.3, -0.25) is 0 Å². The highest BCUT2D eigenvalue weighted by Crippen LogP contribution is 2.11. The highest BCUT2D eigenvalue weighted by molar-refractivity contribution is 7.87. The largest absolute Gasteiger partial charge is 0.445 e. The molecule has 3 rings (SSSR count). The first-order chi connectivity index (χ1) is 11.6. The van der Waals surface area contributed by atoms with Crippen LogP contribution in [-0.4, -0.2) is 64.1 Å². The van der Waals surface area contributed by atoms with E-state index in [1.54, 1.807) is 0 Å². The monoisotopic (exact) mass is 351 g/mol. The molecule has 2 heterocycles. The average molecular weight is 351 g/mol. The third-order valence-electron chi connectivity index (χ3n) is 3.69. The van der Waals surface area contributed by atoms with E-state index in [0.717, 1.165) is 22.2 Å². The topological polar surface area (TPSA) is 97.6 Å². The Morgan fingerprint density at radius 3 is 2.29 bits per heavy atom. The van der Waals surface area contributed by atoms with Crippen LogP contribution in [0.4, 0.5) is 4.79 Å². The number of benzene rings is 1. The zero-order valence-electron chi connectivity index (χ0n) is 12.9. The Morgan fingerprint density at radius 2 is 1.67 bits per heavy atom. The lowest BCUT2D eigenvalue weighted by molar-refractivity contribution is 0.0837. The summed E-state index contributed by atoms with van der Waals surface area (Å²) in [7, 11) is -3.68. The molecule has 0 saturated carbocycles. The number of nitrogens with zero attached hydrogens (tertiary/aromatic N) is 5. The third kappa shape index (κ3) is 3.54. The summed E-state index contributed by atoms with van der Waals surface area (Å²) in [5.41, 5.74) is 0.902. The molecule has 1 amide bonds. The molecule has 0 radical (unpaired) electrons. The van der Waals surface area contributed by atoms with Gasteiger partial charge in [0.15, 0.2) is 0 Å². The predicted molar refractivity (Wildman–Crippen MR) is 84.1 cm³/mol. The standard InChI is InChI=1S/C14H17N5O4S/c20-14(23-10-13-4-2-1-3-5-13)17-6-8-18(9-7-17)24(21,22)19-11-15-16-12-19/h1-5,11-12H,6-10H2. The van der Waals surface area contributed by atoms with Crippen LogP contribution in [0.25, 0.3) is 0 Å². The number of hydrogen-bond acceptors (Lipinski definition) is 6. The zero-order valence-corrected chi connectivity index (χ0v) is 13.7. The van der Waals surface area contributed by atoms with Crippen LogP contribution in [0.1, 0.15) is 5.56 Å². The van der Waals surface area contributed by atoms with Gasteiger partial charge in [-0.25, -0.2) is 8.77 Å². The first kappa shape index (κ1) is 16.4. The number of amides is 1. The summed E-state index contributed by atoms with van der Waals surface area (Å²) < 4.78 is 32.1. The summed E-state index contributed by atoms with van der Waals surface area (Å²) in [6.45, 7) is 1.13. The van der Waals surface area contributed by atoms with Crippen LogP contribution in [0.2, 0.25) is 0 Å². The second-order valence-corrected chi connectivity index (χ2v) is 7.06. The van der Waals surface area contributed by atoms with Crippen molar-refractivity contribution in [2.75, 3.05) is 26.2 Å². The lowest BCUT2D eigenvalue weighted by Gasteiger charge is -2.33. The molecule has 1 aliphatic rings. The third-order valence-corrected chi connectivity index (χ3v) is 5.43. The van der Waals surface area contributed by atoms with E-state index in [9.17, 15) is 13.2 Å². The van der Waals surface area contributed by atoms with E-state index in [1.807, 2.05) is 30.3 Å². The molecule has 0 atom stereocenters. The molecular formula is C14H17N5O4S. The summed E-state index contributed by atoms with van der Waals surface area (Å²) in [4.78, 5) is 13.6. The maximum atomic E-state index is 12.3. The Labute approximate surface area is 139 Å². The van der Waals surface area contributed by atoms with Gasteiger partial charge < -0.3 is 9.64 Å². The quantitative estimate of drug-likeness (QED) is 0.787. The van der Waals surface area contributed by atoms with Crippen LogP contribution in [0, 0.1) is 0 Å². The lowest BCUT2D eigenvalue weighted by atomic mass is 10.2. The minimum atomic E-state index is -3.68. The Kier molecular flexibility index (Phi) is 4.76. The summed E-state index contributed by atoms with van der Waals surface area (Å²) in [6, 6.07) is 9.38. The molecule has 0 unspecified atom stereocenters. The average Bonchev–Trinajstić information content (AvgIpc) is 3.16. The van der Waals surface area contributed by atoms with Gasteiger partial charge in [0.2, 0.25) is 0 Å². The van der Waals surface area contributed by atoms with Gasteiger partial charge in [-0.15, -0.1) is 10.2 Å². The highest BCUT2D eigenvalue weighted by Gasteiger charge is 2.30. The SMILES string of the molecule is O=C(OCc1ccccc1)N1CCN(S(=O)(=O)n2cnnc2)CC1. The Bertz CT molecular complexity index is 771. The Balaban J connectivity index is 1.52. The second-order valence-electron chi connectivity index (χ2n) is 5.23. The van der Waals surface area contributed by atoms with Crippen molar-refractivity contribution in [1.82, 2.24) is 23.4 Å². The number of rotatable bonds is 4. The van der Waals surface area contributed by atoms with Gasteiger partial charge in [0, 0.05) is 26.2 Å². The fraction of sp³-hybridized carbons (Fsp3) is 0.357. The molecule has 128 valence electrons. The first-order valence-corrected chi connectivity index (χ1v) is 8.78. The van der Waals surface area contributed by atoms with Crippen molar-refractivity contribution < 1.29 is 17.9 Å². The molecule has 0 spiro atoms. The van der Waals surface area contributed by atoms with Gasteiger partial charge >= 0.3 is 16.3 Å². The van der Waals surface area contributed by atoms with E-state index in [4.69, 9.17) is 4.74 Å². The van der Waals surface area contributed by atoms with Gasteiger partial charge in [0.05, 0.1) is 0 Å². The fourth-order valence-electron chi connectivity index (χ4n) is 2.36.